The van der Waals surface area contributed by atoms with Crippen molar-refractivity contribution in [1.82, 2.24) is 5.43 Å². The monoisotopic (exact) mass is 276 g/mol. The van der Waals surface area contributed by atoms with Gasteiger partial charge in [0.1, 0.15) is 5.75 Å². The zero-order valence-electron chi connectivity index (χ0n) is 11.3. The first-order valence-corrected chi connectivity index (χ1v) is 7.20. The quantitative estimate of drug-likeness (QED) is 0.629. The number of benzene rings is 1. The van der Waals surface area contributed by atoms with Crippen LogP contribution in [0, 0.1) is 6.92 Å². The molecule has 0 fully saturated rings. The molecule has 3 N–H and O–H groups in total. The molecule has 0 aliphatic heterocycles. The van der Waals surface area contributed by atoms with Crippen LogP contribution in [-0.2, 0) is 6.42 Å². The van der Waals surface area contributed by atoms with Gasteiger partial charge in [-0.3, -0.25) is 11.3 Å². The number of hydrogen-bond donors (Lipinski definition) is 2. The van der Waals surface area contributed by atoms with E-state index in [0.717, 1.165) is 18.6 Å². The molecule has 0 saturated carbocycles. The van der Waals surface area contributed by atoms with Crippen LogP contribution in [0.3, 0.4) is 0 Å². The smallest absolute Gasteiger partial charge is 0.118 e. The molecular formula is C15H20N2OS. The summed E-state index contributed by atoms with van der Waals surface area (Å²) >= 11 is 1.80. The highest BCUT2D eigenvalue weighted by Crippen LogP contribution is 2.26. The molecule has 0 aliphatic rings. The van der Waals surface area contributed by atoms with E-state index in [4.69, 9.17) is 10.6 Å². The fourth-order valence-electron chi connectivity index (χ4n) is 2.05. The van der Waals surface area contributed by atoms with E-state index < -0.39 is 0 Å². The Balaban J connectivity index is 1.95. The molecule has 102 valence electrons. The van der Waals surface area contributed by atoms with Crippen molar-refractivity contribution in [3.63, 3.8) is 0 Å². The van der Waals surface area contributed by atoms with Crippen LogP contribution in [0.2, 0.25) is 0 Å². The van der Waals surface area contributed by atoms with Gasteiger partial charge in [-0.2, -0.15) is 0 Å². The Morgan fingerprint density at radius 2 is 1.95 bits per heavy atom. The summed E-state index contributed by atoms with van der Waals surface area (Å²) in [5.41, 5.74) is 4.21. The predicted molar refractivity (Wildman–Crippen MR) is 80.4 cm³/mol. The van der Waals surface area contributed by atoms with Crippen molar-refractivity contribution in [2.24, 2.45) is 5.84 Å². The van der Waals surface area contributed by atoms with Crippen molar-refractivity contribution in [3.8, 4) is 5.75 Å². The van der Waals surface area contributed by atoms with Crippen LogP contribution in [0.5, 0.6) is 5.75 Å². The van der Waals surface area contributed by atoms with Crippen LogP contribution < -0.4 is 16.0 Å². The maximum Gasteiger partial charge on any atom is 0.118 e. The van der Waals surface area contributed by atoms with Crippen LogP contribution in [0.15, 0.2) is 36.4 Å². The van der Waals surface area contributed by atoms with Crippen molar-refractivity contribution in [3.05, 3.63) is 51.7 Å². The highest BCUT2D eigenvalue weighted by atomic mass is 32.1. The highest BCUT2D eigenvalue weighted by molar-refractivity contribution is 7.12. The van der Waals surface area contributed by atoms with Gasteiger partial charge in [-0.15, -0.1) is 11.3 Å². The summed E-state index contributed by atoms with van der Waals surface area (Å²) < 4.78 is 5.16. The molecule has 1 aromatic heterocycles. The second-order valence-corrected chi connectivity index (χ2v) is 5.87. The fraction of sp³-hybridized carbons (Fsp3) is 0.333. The first-order chi connectivity index (χ1) is 9.22. The predicted octanol–water partition coefficient (Wildman–Crippen LogP) is 3.20. The van der Waals surface area contributed by atoms with E-state index >= 15 is 0 Å². The van der Waals surface area contributed by atoms with E-state index in [-0.39, 0.29) is 6.04 Å². The molecule has 4 heteroatoms. The number of rotatable bonds is 6. The summed E-state index contributed by atoms with van der Waals surface area (Å²) in [4.78, 5) is 2.62. The third-order valence-corrected chi connectivity index (χ3v) is 4.30. The van der Waals surface area contributed by atoms with Crippen molar-refractivity contribution >= 4 is 11.3 Å². The van der Waals surface area contributed by atoms with Gasteiger partial charge in [0.25, 0.3) is 0 Å². The molecule has 0 aliphatic carbocycles. The molecule has 0 spiro atoms. The molecule has 19 heavy (non-hydrogen) atoms. The number of nitrogens with one attached hydrogen (secondary N) is 1. The van der Waals surface area contributed by atoms with Gasteiger partial charge in [0.2, 0.25) is 0 Å². The number of hydrazine groups is 1. The minimum Gasteiger partial charge on any atom is -0.497 e. The van der Waals surface area contributed by atoms with Gasteiger partial charge >= 0.3 is 0 Å². The molecule has 2 aromatic rings. The Labute approximate surface area is 118 Å². The molecule has 1 heterocycles. The minimum absolute atomic E-state index is 0.223. The number of ether oxygens (including phenoxy) is 1. The Morgan fingerprint density at radius 3 is 2.47 bits per heavy atom. The average Bonchev–Trinajstić information content (AvgIpc) is 2.87. The summed E-state index contributed by atoms with van der Waals surface area (Å²) in [5.74, 6) is 6.56. The lowest BCUT2D eigenvalue weighted by Gasteiger charge is -2.14. The summed E-state index contributed by atoms with van der Waals surface area (Å²) in [6.07, 6.45) is 1.98. The molecule has 0 radical (unpaired) electrons. The zero-order valence-corrected chi connectivity index (χ0v) is 12.2. The summed E-state index contributed by atoms with van der Waals surface area (Å²) in [5, 5.41) is 0. The lowest BCUT2D eigenvalue weighted by atomic mass is 10.0. The van der Waals surface area contributed by atoms with E-state index in [1.54, 1.807) is 18.4 Å². The van der Waals surface area contributed by atoms with E-state index in [0.29, 0.717) is 0 Å². The van der Waals surface area contributed by atoms with Gasteiger partial charge in [-0.25, -0.2) is 0 Å². The van der Waals surface area contributed by atoms with Crippen molar-refractivity contribution in [2.75, 3.05) is 7.11 Å². The normalized spacial score (nSPS) is 12.4. The van der Waals surface area contributed by atoms with Gasteiger partial charge in [-0.05, 0) is 49.6 Å². The fourth-order valence-corrected chi connectivity index (χ4v) is 3.02. The van der Waals surface area contributed by atoms with Crippen molar-refractivity contribution in [2.45, 2.75) is 25.8 Å². The van der Waals surface area contributed by atoms with E-state index in [9.17, 15) is 0 Å². The van der Waals surface area contributed by atoms with Crippen LogP contribution in [0.1, 0.15) is 27.8 Å². The number of hydrogen-bond acceptors (Lipinski definition) is 4. The molecule has 1 unspecified atom stereocenters. The number of nitrogens with two attached hydrogens (primary N) is 1. The summed E-state index contributed by atoms with van der Waals surface area (Å²) in [6, 6.07) is 12.7. The van der Waals surface area contributed by atoms with Crippen molar-refractivity contribution < 1.29 is 4.74 Å². The first-order valence-electron chi connectivity index (χ1n) is 6.38. The van der Waals surface area contributed by atoms with Gasteiger partial charge in [0.05, 0.1) is 13.2 Å². The highest BCUT2D eigenvalue weighted by Gasteiger charge is 2.11. The van der Waals surface area contributed by atoms with Gasteiger partial charge in [0, 0.05) is 9.75 Å². The van der Waals surface area contributed by atoms with Gasteiger partial charge in [-0.1, -0.05) is 12.1 Å². The van der Waals surface area contributed by atoms with Crippen LogP contribution in [-0.4, -0.2) is 7.11 Å². The zero-order chi connectivity index (χ0) is 13.7. The lowest BCUT2D eigenvalue weighted by Crippen LogP contribution is -2.27. The molecule has 1 aromatic carbocycles. The Hall–Kier alpha value is -1.36. The molecule has 1 atom stereocenters. The van der Waals surface area contributed by atoms with Crippen LogP contribution in [0.4, 0.5) is 0 Å². The molecule has 2 rings (SSSR count). The van der Waals surface area contributed by atoms with Crippen molar-refractivity contribution in [1.29, 1.82) is 0 Å². The maximum atomic E-state index is 5.66. The average molecular weight is 276 g/mol. The lowest BCUT2D eigenvalue weighted by molar-refractivity contribution is 0.414. The van der Waals surface area contributed by atoms with E-state index in [1.807, 2.05) is 12.1 Å². The standard InChI is InChI=1S/C15H20N2OS/c1-11-3-10-15(19-11)14(17-16)9-6-12-4-7-13(18-2)8-5-12/h3-5,7-8,10,14,17H,6,9,16H2,1-2H3. The summed E-state index contributed by atoms with van der Waals surface area (Å²) in [7, 11) is 1.68. The van der Waals surface area contributed by atoms with Gasteiger partial charge < -0.3 is 4.74 Å². The Morgan fingerprint density at radius 1 is 1.21 bits per heavy atom. The molecular weight excluding hydrogens is 256 g/mol. The molecule has 0 amide bonds. The second kappa shape index (κ2) is 6.70. The van der Waals surface area contributed by atoms with Crippen LogP contribution in [0.25, 0.3) is 0 Å². The number of aryl methyl sites for hydroxylation is 2. The number of thiophene rings is 1. The largest absolute Gasteiger partial charge is 0.497 e. The third-order valence-electron chi connectivity index (χ3n) is 3.19. The topological polar surface area (TPSA) is 47.3 Å². The SMILES string of the molecule is COc1ccc(CCC(NN)c2ccc(C)s2)cc1. The molecule has 3 nitrogen and oxygen atoms in total. The van der Waals surface area contributed by atoms with Crippen LogP contribution >= 0.6 is 11.3 Å². The van der Waals surface area contributed by atoms with Gasteiger partial charge in [0.15, 0.2) is 0 Å². The molecule has 0 bridgehead atoms. The first kappa shape index (κ1) is 14.1. The third kappa shape index (κ3) is 3.80. The summed E-state index contributed by atoms with van der Waals surface area (Å²) in [6.45, 7) is 2.12. The van der Waals surface area contributed by atoms with E-state index in [2.05, 4.69) is 36.6 Å². The minimum atomic E-state index is 0.223. The maximum absolute atomic E-state index is 5.66. The van der Waals surface area contributed by atoms with E-state index in [1.165, 1.54) is 15.3 Å². The second-order valence-electron chi connectivity index (χ2n) is 4.55. The number of methoxy groups -OCH3 is 1. The Bertz CT molecular complexity index is 507. The molecule has 0 saturated heterocycles. The Kier molecular flexibility index (Phi) is 4.96.